The predicted octanol–water partition coefficient (Wildman–Crippen LogP) is 5.01. The number of aryl methyl sites for hydroxylation is 4. The lowest BCUT2D eigenvalue weighted by Crippen LogP contribution is -2.07. The van der Waals surface area contributed by atoms with Crippen molar-refractivity contribution in [3.63, 3.8) is 0 Å². The molecule has 0 radical (unpaired) electrons. The summed E-state index contributed by atoms with van der Waals surface area (Å²) in [7, 11) is -0.383. The number of hydrogen-bond donors (Lipinski definition) is 0. The Bertz CT molecular complexity index is 684. The number of carbonyl (C=O) groups is 1. The number of para-hydroxylation sites is 1. The summed E-state index contributed by atoms with van der Waals surface area (Å²) in [5.74, 6) is 0.689. The van der Waals surface area contributed by atoms with Gasteiger partial charge in [0.2, 0.25) is 0 Å². The maximum atomic E-state index is 12.5. The molecule has 0 amide bonds. The van der Waals surface area contributed by atoms with Crippen LogP contribution in [0.4, 0.5) is 0 Å². The smallest absolute Gasteiger partial charge is 0.395 e. The Morgan fingerprint density at radius 3 is 2.36 bits per heavy atom. The van der Waals surface area contributed by atoms with Crippen LogP contribution in [0.25, 0.3) is 0 Å². The molecule has 22 heavy (non-hydrogen) atoms. The first kappa shape index (κ1) is 16.4. The second-order valence-electron chi connectivity index (χ2n) is 5.47. The highest BCUT2D eigenvalue weighted by Gasteiger charge is 2.14. The molecule has 0 aliphatic heterocycles. The molecule has 0 saturated carbocycles. The van der Waals surface area contributed by atoms with E-state index in [4.69, 9.17) is 4.52 Å². The third-order valence-electron chi connectivity index (χ3n) is 3.69. The fourth-order valence-corrected chi connectivity index (χ4v) is 3.09. The predicted molar refractivity (Wildman–Crippen MR) is 88.0 cm³/mol. The topological polar surface area (TPSA) is 43.4 Å². The molecule has 0 atom stereocenters. The average molecular weight is 314 g/mol. The SMILES string of the molecule is Cc1cc(C)c(C(=O)CCc2ccccc2OP=O)c(C)c1. The van der Waals surface area contributed by atoms with Crippen LogP contribution in [-0.4, -0.2) is 5.78 Å². The van der Waals surface area contributed by atoms with Crippen molar-refractivity contribution in [3.8, 4) is 5.75 Å². The van der Waals surface area contributed by atoms with Gasteiger partial charge in [-0.05, 0) is 49.9 Å². The van der Waals surface area contributed by atoms with E-state index >= 15 is 0 Å². The Morgan fingerprint density at radius 2 is 1.73 bits per heavy atom. The minimum atomic E-state index is -0.383. The number of ketones is 1. The number of benzene rings is 2. The maximum absolute atomic E-state index is 12.5. The first-order chi connectivity index (χ1) is 10.5. The number of Topliss-reactive ketones (excluding diaryl/α,β-unsaturated/α-hetero) is 1. The Hall–Kier alpha value is -1.99. The monoisotopic (exact) mass is 314 g/mol. The third-order valence-corrected chi connectivity index (χ3v) is 3.96. The van der Waals surface area contributed by atoms with E-state index < -0.39 is 0 Å². The van der Waals surface area contributed by atoms with Crippen LogP contribution in [0.5, 0.6) is 5.75 Å². The lowest BCUT2D eigenvalue weighted by Gasteiger charge is -2.11. The Balaban J connectivity index is 2.16. The van der Waals surface area contributed by atoms with Gasteiger partial charge in [-0.2, -0.15) is 0 Å². The normalized spacial score (nSPS) is 10.7. The van der Waals surface area contributed by atoms with Gasteiger partial charge in [-0.3, -0.25) is 4.79 Å². The molecule has 114 valence electrons. The number of hydrogen-bond acceptors (Lipinski definition) is 3. The van der Waals surface area contributed by atoms with Crippen LogP contribution >= 0.6 is 8.69 Å². The lowest BCUT2D eigenvalue weighted by molar-refractivity contribution is 0.0981. The van der Waals surface area contributed by atoms with Crippen LogP contribution in [-0.2, 0) is 11.0 Å². The van der Waals surface area contributed by atoms with Gasteiger partial charge in [-0.25, -0.2) is 4.57 Å². The van der Waals surface area contributed by atoms with Crippen LogP contribution in [0.15, 0.2) is 36.4 Å². The second kappa shape index (κ2) is 7.33. The van der Waals surface area contributed by atoms with Gasteiger partial charge in [0.25, 0.3) is 0 Å². The number of carbonyl (C=O) groups excluding carboxylic acids is 1. The van der Waals surface area contributed by atoms with E-state index in [0.717, 1.165) is 22.3 Å². The highest BCUT2D eigenvalue weighted by atomic mass is 31.1. The van der Waals surface area contributed by atoms with E-state index in [-0.39, 0.29) is 14.5 Å². The molecular formula is C18H19O3P. The summed E-state index contributed by atoms with van der Waals surface area (Å²) < 4.78 is 15.7. The van der Waals surface area contributed by atoms with Crippen molar-refractivity contribution in [2.45, 2.75) is 33.6 Å². The van der Waals surface area contributed by atoms with Crippen LogP contribution in [0.3, 0.4) is 0 Å². The second-order valence-corrected chi connectivity index (χ2v) is 5.80. The average Bonchev–Trinajstić information content (AvgIpc) is 2.45. The van der Waals surface area contributed by atoms with Gasteiger partial charge >= 0.3 is 8.69 Å². The van der Waals surface area contributed by atoms with E-state index in [9.17, 15) is 9.36 Å². The Kier molecular flexibility index (Phi) is 5.46. The summed E-state index contributed by atoms with van der Waals surface area (Å²) >= 11 is 0. The van der Waals surface area contributed by atoms with Gasteiger partial charge < -0.3 is 4.52 Å². The molecule has 0 aliphatic rings. The molecule has 0 saturated heterocycles. The van der Waals surface area contributed by atoms with Crippen molar-refractivity contribution in [2.24, 2.45) is 0 Å². The summed E-state index contributed by atoms with van der Waals surface area (Å²) in [6.45, 7) is 5.98. The van der Waals surface area contributed by atoms with Crippen molar-refractivity contribution < 1.29 is 13.9 Å². The Labute approximate surface area is 132 Å². The van der Waals surface area contributed by atoms with E-state index in [0.29, 0.717) is 18.6 Å². The van der Waals surface area contributed by atoms with Crippen molar-refractivity contribution in [2.75, 3.05) is 0 Å². The molecule has 0 spiro atoms. The summed E-state index contributed by atoms with van der Waals surface area (Å²) in [6, 6.07) is 11.4. The molecule has 0 heterocycles. The van der Waals surface area contributed by atoms with Crippen LogP contribution in [0, 0.1) is 20.8 Å². The van der Waals surface area contributed by atoms with E-state index in [1.807, 2.05) is 51.1 Å². The molecule has 0 aliphatic carbocycles. The largest absolute Gasteiger partial charge is 0.407 e. The molecule has 2 aromatic rings. The molecule has 0 unspecified atom stereocenters. The van der Waals surface area contributed by atoms with Gasteiger partial charge in [0, 0.05) is 12.0 Å². The fourth-order valence-electron chi connectivity index (χ4n) is 2.83. The van der Waals surface area contributed by atoms with Gasteiger partial charge in [-0.15, -0.1) is 0 Å². The van der Waals surface area contributed by atoms with E-state index in [2.05, 4.69) is 0 Å². The molecular weight excluding hydrogens is 295 g/mol. The first-order valence-electron chi connectivity index (χ1n) is 7.21. The molecule has 2 rings (SSSR count). The molecule has 2 aromatic carbocycles. The van der Waals surface area contributed by atoms with Gasteiger partial charge in [0.05, 0.1) is 0 Å². The highest BCUT2D eigenvalue weighted by molar-refractivity contribution is 7.17. The van der Waals surface area contributed by atoms with E-state index in [1.54, 1.807) is 6.07 Å². The summed E-state index contributed by atoms with van der Waals surface area (Å²) in [5, 5.41) is 0. The molecule has 3 nitrogen and oxygen atoms in total. The van der Waals surface area contributed by atoms with Crippen molar-refractivity contribution in [3.05, 3.63) is 64.2 Å². The molecule has 0 N–H and O–H groups in total. The van der Waals surface area contributed by atoms with Crippen molar-refractivity contribution in [1.82, 2.24) is 0 Å². The molecule has 4 heteroatoms. The summed E-state index contributed by atoms with van der Waals surface area (Å²) in [5.41, 5.74) is 4.91. The minimum Gasteiger partial charge on any atom is -0.407 e. The summed E-state index contributed by atoms with van der Waals surface area (Å²) in [6.07, 6.45) is 0.970. The van der Waals surface area contributed by atoms with Crippen LogP contribution in [0.1, 0.15) is 39.0 Å². The summed E-state index contributed by atoms with van der Waals surface area (Å²) in [4.78, 5) is 12.5. The Morgan fingerprint density at radius 1 is 1.09 bits per heavy atom. The molecule has 0 bridgehead atoms. The zero-order valence-corrected chi connectivity index (χ0v) is 13.9. The minimum absolute atomic E-state index is 0.129. The van der Waals surface area contributed by atoms with Gasteiger partial charge in [0.15, 0.2) is 5.78 Å². The molecule has 0 aromatic heterocycles. The highest BCUT2D eigenvalue weighted by Crippen LogP contribution is 2.24. The van der Waals surface area contributed by atoms with Crippen LogP contribution in [0.2, 0.25) is 0 Å². The lowest BCUT2D eigenvalue weighted by atomic mass is 9.93. The standard InChI is InChI=1S/C18H19O3P/c1-12-10-13(2)18(14(3)11-12)16(19)9-8-15-6-4-5-7-17(15)21-22-20/h4-7,10-11H,8-9H2,1-3H3. The number of rotatable bonds is 6. The van der Waals surface area contributed by atoms with E-state index in [1.165, 1.54) is 5.56 Å². The zero-order valence-electron chi connectivity index (χ0n) is 13.1. The zero-order chi connectivity index (χ0) is 16.1. The van der Waals surface area contributed by atoms with Gasteiger partial charge in [-0.1, -0.05) is 35.9 Å². The molecule has 0 fully saturated rings. The van der Waals surface area contributed by atoms with Gasteiger partial charge in [0.1, 0.15) is 5.75 Å². The quantitative estimate of drug-likeness (QED) is 0.556. The maximum Gasteiger partial charge on any atom is 0.395 e. The van der Waals surface area contributed by atoms with Crippen LogP contribution < -0.4 is 4.52 Å². The van der Waals surface area contributed by atoms with Crippen molar-refractivity contribution >= 4 is 14.5 Å². The van der Waals surface area contributed by atoms with Crippen molar-refractivity contribution in [1.29, 1.82) is 0 Å². The first-order valence-corrected chi connectivity index (χ1v) is 7.94. The fraction of sp³-hybridized carbons (Fsp3) is 0.278. The third kappa shape index (κ3) is 3.80.